The average Bonchev–Trinajstić information content (AvgIpc) is 2.14. The van der Waals surface area contributed by atoms with Crippen LogP contribution in [0.3, 0.4) is 0 Å². The Hall–Kier alpha value is 0.400. The SMILES string of the molecule is BrCC1CO[CH]O1. The molecule has 0 aromatic heterocycles. The van der Waals surface area contributed by atoms with Crippen LogP contribution in [-0.2, 0) is 9.47 Å². The van der Waals surface area contributed by atoms with Gasteiger partial charge in [0, 0.05) is 5.33 Å². The molecule has 1 aliphatic rings. The Labute approximate surface area is 50.9 Å². The van der Waals surface area contributed by atoms with Crippen molar-refractivity contribution in [1.82, 2.24) is 0 Å². The second-order valence-corrected chi connectivity index (χ2v) is 1.99. The van der Waals surface area contributed by atoms with E-state index in [0.29, 0.717) is 6.61 Å². The van der Waals surface area contributed by atoms with Crippen LogP contribution in [0.4, 0.5) is 0 Å². The quantitative estimate of drug-likeness (QED) is 0.539. The van der Waals surface area contributed by atoms with Crippen LogP contribution in [0.25, 0.3) is 0 Å². The second-order valence-electron chi connectivity index (χ2n) is 1.34. The van der Waals surface area contributed by atoms with Crippen molar-refractivity contribution in [1.29, 1.82) is 0 Å². The van der Waals surface area contributed by atoms with E-state index < -0.39 is 0 Å². The first-order valence-corrected chi connectivity index (χ1v) is 3.20. The fourth-order valence-electron chi connectivity index (χ4n) is 0.385. The lowest BCUT2D eigenvalue weighted by atomic mass is 10.5. The first kappa shape index (κ1) is 5.54. The first-order chi connectivity index (χ1) is 3.43. The molecule has 0 aliphatic carbocycles. The Morgan fingerprint density at radius 1 is 1.86 bits per heavy atom. The summed E-state index contributed by atoms with van der Waals surface area (Å²) in [6.45, 7) is 2.07. The summed E-state index contributed by atoms with van der Waals surface area (Å²) in [6, 6.07) is 0. The summed E-state index contributed by atoms with van der Waals surface area (Å²) in [7, 11) is 0. The Morgan fingerprint density at radius 2 is 2.71 bits per heavy atom. The highest BCUT2D eigenvalue weighted by Gasteiger charge is 2.13. The first-order valence-electron chi connectivity index (χ1n) is 2.08. The average molecular weight is 166 g/mol. The van der Waals surface area contributed by atoms with Crippen molar-refractivity contribution < 1.29 is 9.47 Å². The summed E-state index contributed by atoms with van der Waals surface area (Å²) < 4.78 is 9.68. The lowest BCUT2D eigenvalue weighted by Gasteiger charge is -1.96. The number of alkyl halides is 1. The minimum atomic E-state index is 0.236. The summed E-state index contributed by atoms with van der Waals surface area (Å²) in [5, 5.41) is 0.851. The topological polar surface area (TPSA) is 18.5 Å². The minimum Gasteiger partial charge on any atom is -0.345 e. The lowest BCUT2D eigenvalue weighted by molar-refractivity contribution is 0.137. The van der Waals surface area contributed by atoms with Crippen LogP contribution < -0.4 is 0 Å². The van der Waals surface area contributed by atoms with Crippen LogP contribution in [0.1, 0.15) is 0 Å². The molecule has 0 aromatic carbocycles. The molecular formula is C4H6BrO2. The van der Waals surface area contributed by atoms with Crippen molar-refractivity contribution in [3.63, 3.8) is 0 Å². The third kappa shape index (κ3) is 1.40. The molecule has 1 heterocycles. The zero-order chi connectivity index (χ0) is 5.11. The molecule has 0 N–H and O–H groups in total. The molecule has 0 bridgehead atoms. The van der Waals surface area contributed by atoms with E-state index in [4.69, 9.17) is 9.47 Å². The van der Waals surface area contributed by atoms with Gasteiger partial charge in [0.1, 0.15) is 0 Å². The molecule has 1 aliphatic heterocycles. The molecule has 1 unspecified atom stereocenters. The van der Waals surface area contributed by atoms with E-state index in [0.717, 1.165) is 5.33 Å². The Bertz CT molecular complexity index is 51.7. The molecule has 0 spiro atoms. The number of halogens is 1. The molecular weight excluding hydrogens is 160 g/mol. The molecule has 7 heavy (non-hydrogen) atoms. The monoisotopic (exact) mass is 165 g/mol. The lowest BCUT2D eigenvalue weighted by Crippen LogP contribution is -2.09. The van der Waals surface area contributed by atoms with E-state index in [2.05, 4.69) is 15.9 Å². The van der Waals surface area contributed by atoms with Crippen LogP contribution in [-0.4, -0.2) is 18.0 Å². The summed E-state index contributed by atoms with van der Waals surface area (Å²) in [4.78, 5) is 0. The molecule has 41 valence electrons. The normalized spacial score (nSPS) is 31.3. The molecule has 1 fully saturated rings. The molecule has 1 saturated heterocycles. The third-order valence-corrected chi connectivity index (χ3v) is 1.49. The molecule has 1 radical (unpaired) electrons. The van der Waals surface area contributed by atoms with Crippen LogP contribution >= 0.6 is 15.9 Å². The standard InChI is InChI=1S/C4H6BrO2/c5-1-4-2-6-3-7-4/h3-4H,1-2H2. The number of rotatable bonds is 1. The highest BCUT2D eigenvalue weighted by Crippen LogP contribution is 2.07. The zero-order valence-electron chi connectivity index (χ0n) is 3.76. The van der Waals surface area contributed by atoms with Crippen LogP contribution in [0.2, 0.25) is 0 Å². The van der Waals surface area contributed by atoms with Gasteiger partial charge in [-0.2, -0.15) is 0 Å². The summed E-state index contributed by atoms with van der Waals surface area (Å²) in [6.07, 6.45) is 0.236. The van der Waals surface area contributed by atoms with Crippen LogP contribution in [0, 0.1) is 6.79 Å². The van der Waals surface area contributed by atoms with Gasteiger partial charge in [-0.1, -0.05) is 15.9 Å². The van der Waals surface area contributed by atoms with Gasteiger partial charge >= 0.3 is 0 Å². The van der Waals surface area contributed by atoms with E-state index in [1.165, 1.54) is 6.79 Å². The molecule has 2 nitrogen and oxygen atoms in total. The van der Waals surface area contributed by atoms with Crippen molar-refractivity contribution in [3.05, 3.63) is 6.79 Å². The number of hydrogen-bond acceptors (Lipinski definition) is 2. The Kier molecular flexibility index (Phi) is 2.09. The molecule has 0 aromatic rings. The summed E-state index contributed by atoms with van der Waals surface area (Å²) in [5.74, 6) is 0. The van der Waals surface area contributed by atoms with E-state index in [-0.39, 0.29) is 6.10 Å². The Balaban J connectivity index is 2.14. The molecule has 1 rings (SSSR count). The van der Waals surface area contributed by atoms with E-state index in [9.17, 15) is 0 Å². The predicted molar refractivity (Wildman–Crippen MR) is 28.9 cm³/mol. The van der Waals surface area contributed by atoms with E-state index in [1.807, 2.05) is 0 Å². The minimum absolute atomic E-state index is 0.236. The van der Waals surface area contributed by atoms with E-state index >= 15 is 0 Å². The zero-order valence-corrected chi connectivity index (χ0v) is 5.35. The summed E-state index contributed by atoms with van der Waals surface area (Å²) >= 11 is 3.25. The van der Waals surface area contributed by atoms with Gasteiger partial charge < -0.3 is 9.47 Å². The highest BCUT2D eigenvalue weighted by molar-refractivity contribution is 9.09. The Morgan fingerprint density at radius 3 is 3.00 bits per heavy atom. The predicted octanol–water partition coefficient (Wildman–Crippen LogP) is 0.916. The maximum Gasteiger partial charge on any atom is 0.209 e. The van der Waals surface area contributed by atoms with Crippen molar-refractivity contribution in [2.24, 2.45) is 0 Å². The van der Waals surface area contributed by atoms with Crippen molar-refractivity contribution >= 4 is 15.9 Å². The van der Waals surface area contributed by atoms with Gasteiger partial charge in [-0.25, -0.2) is 0 Å². The maximum absolute atomic E-state index is 4.91. The molecule has 1 atom stereocenters. The van der Waals surface area contributed by atoms with Crippen molar-refractivity contribution in [3.8, 4) is 0 Å². The molecule has 3 heteroatoms. The molecule has 0 amide bonds. The van der Waals surface area contributed by atoms with Crippen LogP contribution in [0.5, 0.6) is 0 Å². The second kappa shape index (κ2) is 2.64. The smallest absolute Gasteiger partial charge is 0.209 e. The van der Waals surface area contributed by atoms with Gasteiger partial charge in [0.25, 0.3) is 0 Å². The van der Waals surface area contributed by atoms with Gasteiger partial charge in [0.2, 0.25) is 6.79 Å². The van der Waals surface area contributed by atoms with E-state index in [1.54, 1.807) is 0 Å². The summed E-state index contributed by atoms with van der Waals surface area (Å²) in [5.41, 5.74) is 0. The van der Waals surface area contributed by atoms with Crippen molar-refractivity contribution in [2.75, 3.05) is 11.9 Å². The number of hydrogen-bond donors (Lipinski definition) is 0. The maximum atomic E-state index is 4.91. The molecule has 0 saturated carbocycles. The van der Waals surface area contributed by atoms with Crippen molar-refractivity contribution in [2.45, 2.75) is 6.10 Å². The van der Waals surface area contributed by atoms with Crippen LogP contribution in [0.15, 0.2) is 0 Å². The fourth-order valence-corrected chi connectivity index (χ4v) is 0.724. The largest absolute Gasteiger partial charge is 0.345 e. The van der Waals surface area contributed by atoms with Gasteiger partial charge in [0.15, 0.2) is 0 Å². The van der Waals surface area contributed by atoms with Gasteiger partial charge in [0.05, 0.1) is 12.7 Å². The van der Waals surface area contributed by atoms with Gasteiger partial charge in [-0.15, -0.1) is 0 Å². The third-order valence-electron chi connectivity index (χ3n) is 0.770. The van der Waals surface area contributed by atoms with Gasteiger partial charge in [-0.05, 0) is 0 Å². The van der Waals surface area contributed by atoms with Gasteiger partial charge in [-0.3, -0.25) is 0 Å². The highest BCUT2D eigenvalue weighted by atomic mass is 79.9. The number of ether oxygens (including phenoxy) is 2. The fraction of sp³-hybridized carbons (Fsp3) is 0.750.